The number of hydrogen-bond acceptors (Lipinski definition) is 26. The molecule has 0 unspecified atom stereocenters. The molecule has 2 aliphatic rings. The Morgan fingerprint density at radius 2 is 0.829 bits per heavy atom. The second-order valence-electron chi connectivity index (χ2n) is 18.6. The van der Waals surface area contributed by atoms with Crippen molar-refractivity contribution in [3.8, 4) is 23.0 Å². The quantitative estimate of drug-likeness (QED) is 0.0294. The third kappa shape index (κ3) is 15.5. The van der Waals surface area contributed by atoms with Crippen molar-refractivity contribution in [2.24, 2.45) is 0 Å². The van der Waals surface area contributed by atoms with Crippen molar-refractivity contribution >= 4 is 77.0 Å². The Morgan fingerprint density at radius 3 is 1.22 bits per heavy atom. The number of carbonyl (C=O) groups is 11. The van der Waals surface area contributed by atoms with Crippen molar-refractivity contribution < 1.29 is 114 Å². The Morgan fingerprint density at radius 1 is 0.439 bits per heavy atom. The number of ether oxygens (including phenoxy) is 13. The predicted octanol–water partition coefficient (Wildman–Crippen LogP) is 4.27. The highest BCUT2D eigenvalue weighted by atomic mass is 16.7. The largest absolute Gasteiger partial charge is 0.488 e. The molecule has 4 aromatic rings. The van der Waals surface area contributed by atoms with Gasteiger partial charge in [0.1, 0.15) is 62.4 Å². The summed E-state index contributed by atoms with van der Waals surface area (Å²) in [7, 11) is 0. The lowest BCUT2D eigenvalue weighted by atomic mass is 9.61. The zero-order chi connectivity index (χ0) is 60.1. The number of benzene rings is 4. The molecule has 0 aromatic heterocycles. The predicted molar refractivity (Wildman–Crippen MR) is 277 cm³/mol. The summed E-state index contributed by atoms with van der Waals surface area (Å²) in [5, 5.41) is 0. The topological polar surface area (TPSA) is 314 Å². The van der Waals surface area contributed by atoms with E-state index in [4.69, 9.17) is 61.6 Å². The van der Waals surface area contributed by atoms with E-state index in [1.807, 2.05) is 13.8 Å². The first-order valence-electron chi connectivity index (χ1n) is 24.9. The summed E-state index contributed by atoms with van der Waals surface area (Å²) in [5.41, 5.74) is -0.252. The van der Waals surface area contributed by atoms with Crippen molar-refractivity contribution in [2.45, 2.75) is 73.3 Å². The van der Waals surface area contributed by atoms with Crippen LogP contribution >= 0.6 is 0 Å². The molecule has 1 spiro atoms. The average Bonchev–Trinajstić information content (AvgIpc) is 1.87. The molecule has 26 heteroatoms. The summed E-state index contributed by atoms with van der Waals surface area (Å²) in [5.74, 6) is -8.85. The number of fused-ring (bicyclic) bond motifs is 6. The van der Waals surface area contributed by atoms with Crippen molar-refractivity contribution in [1.29, 1.82) is 0 Å². The zero-order valence-electron chi connectivity index (χ0n) is 46.1. The molecule has 436 valence electrons. The van der Waals surface area contributed by atoms with Crippen molar-refractivity contribution in [3.63, 3.8) is 0 Å². The van der Waals surface area contributed by atoms with Crippen molar-refractivity contribution in [3.05, 3.63) is 106 Å². The summed E-state index contributed by atoms with van der Waals surface area (Å²) >= 11 is 0. The second kappa shape index (κ2) is 26.9. The molecule has 4 aromatic carbocycles. The fourth-order valence-electron chi connectivity index (χ4n) is 8.76. The fourth-order valence-corrected chi connectivity index (χ4v) is 8.76. The van der Waals surface area contributed by atoms with Crippen LogP contribution in [0.2, 0.25) is 0 Å². The van der Waals surface area contributed by atoms with Crippen LogP contribution in [-0.2, 0) is 102 Å². The average molecular weight is 1140 g/mol. The smallest absolute Gasteiger partial charge is 0.340 e. The number of rotatable bonds is 25. The standard InChI is InChI=1S/C56H58N2O24/c1-31-10-15-46(57(23-50(65)76-27-72-32(2)59)24-51(66)77-28-73-33(3)60)48(18-31)70-16-17-71-49-21-40-43(22-47(49)58(25-52(67)78-29-74-34(4)61)26-53(68)79-30-75-35(5)62)56(82-54(40)69)41-13-11-38(80-36(6)63)19-44(41)55(8,9)45-20-39(81-37(7)64)12-14-42(45)56/h10-15,18-22H,16-17,23-30H2,1-9H3. The Kier molecular flexibility index (Phi) is 20.2. The normalized spacial score (nSPS) is 12.8. The number of aryl methyl sites for hydroxylation is 1. The Balaban J connectivity index is 1.47. The molecule has 1 heterocycles. The number of nitrogens with zero attached hydrogens (tertiary/aromatic N) is 2. The lowest BCUT2D eigenvalue weighted by Crippen LogP contribution is -2.41. The zero-order valence-corrected chi connectivity index (χ0v) is 46.1. The first-order valence-corrected chi connectivity index (χ1v) is 24.9. The highest BCUT2D eigenvalue weighted by Crippen LogP contribution is 2.58. The van der Waals surface area contributed by atoms with E-state index < -0.39 is 130 Å². The van der Waals surface area contributed by atoms with Gasteiger partial charge in [-0.05, 0) is 72.1 Å². The van der Waals surface area contributed by atoms with Crippen LogP contribution in [0.25, 0.3) is 0 Å². The molecular weight excluding hydrogens is 1080 g/mol. The van der Waals surface area contributed by atoms with Gasteiger partial charge in [-0.15, -0.1) is 0 Å². The highest BCUT2D eigenvalue weighted by Gasteiger charge is 2.56. The lowest BCUT2D eigenvalue weighted by Gasteiger charge is -2.44. The van der Waals surface area contributed by atoms with Gasteiger partial charge in [-0.3, -0.25) is 47.9 Å². The van der Waals surface area contributed by atoms with Gasteiger partial charge in [0.05, 0.1) is 16.9 Å². The molecule has 0 radical (unpaired) electrons. The molecule has 0 amide bonds. The van der Waals surface area contributed by atoms with Crippen LogP contribution in [0.3, 0.4) is 0 Å². The van der Waals surface area contributed by atoms with Crippen LogP contribution in [0.5, 0.6) is 23.0 Å². The third-order valence-corrected chi connectivity index (χ3v) is 12.2. The van der Waals surface area contributed by atoms with E-state index in [0.717, 1.165) is 32.6 Å². The van der Waals surface area contributed by atoms with E-state index in [2.05, 4.69) is 0 Å². The molecule has 0 fully saturated rings. The van der Waals surface area contributed by atoms with Crippen molar-refractivity contribution in [2.75, 3.05) is 76.4 Å². The van der Waals surface area contributed by atoms with E-state index in [1.54, 1.807) is 43.3 Å². The molecule has 1 aliphatic carbocycles. The maximum atomic E-state index is 14.7. The SMILES string of the molecule is CC(=O)OCOC(=O)CN(CC(=O)OCOC(C)=O)c1ccc(C)cc1OCCOc1cc2c(cc1N(CC(=O)OCOC(C)=O)CC(=O)OCOC(C)=O)C1(OC2=O)c2ccc(OC(C)=O)cc2C(C)(C)c2cc(OC(C)=O)ccc21. The number of hydrogen-bond donors (Lipinski definition) is 0. The van der Waals surface area contributed by atoms with Crippen LogP contribution in [0.1, 0.15) is 99.1 Å². The van der Waals surface area contributed by atoms with Gasteiger partial charge >= 0.3 is 65.7 Å². The molecule has 0 atom stereocenters. The summed E-state index contributed by atoms with van der Waals surface area (Å²) in [6, 6.07) is 17.0. The van der Waals surface area contributed by atoms with E-state index >= 15 is 0 Å². The van der Waals surface area contributed by atoms with Crippen LogP contribution in [-0.4, -0.2) is 132 Å². The summed E-state index contributed by atoms with van der Waals surface area (Å²) < 4.78 is 69.7. The number of carbonyl (C=O) groups excluding carboxylic acids is 11. The van der Waals surface area contributed by atoms with Gasteiger partial charge in [-0.1, -0.05) is 32.0 Å². The molecule has 0 bridgehead atoms. The maximum Gasteiger partial charge on any atom is 0.340 e. The molecule has 0 saturated carbocycles. The monoisotopic (exact) mass is 1140 g/mol. The van der Waals surface area contributed by atoms with Gasteiger partial charge in [0.2, 0.25) is 27.2 Å². The molecule has 6 rings (SSSR count). The van der Waals surface area contributed by atoms with Gasteiger partial charge in [0, 0.05) is 63.6 Å². The van der Waals surface area contributed by atoms with Crippen LogP contribution in [0.15, 0.2) is 66.7 Å². The first kappa shape index (κ1) is 61.5. The fraction of sp³-hybridized carbons (Fsp3) is 0.375. The van der Waals surface area contributed by atoms with E-state index in [0.29, 0.717) is 27.8 Å². The summed E-state index contributed by atoms with van der Waals surface area (Å²) in [4.78, 5) is 141. The number of esters is 11. The van der Waals surface area contributed by atoms with Gasteiger partial charge in [0.25, 0.3) is 0 Å². The highest BCUT2D eigenvalue weighted by molar-refractivity contribution is 5.99. The minimum Gasteiger partial charge on any atom is -0.488 e. The first-order chi connectivity index (χ1) is 38.8. The third-order valence-electron chi connectivity index (χ3n) is 12.2. The van der Waals surface area contributed by atoms with E-state index in [1.165, 1.54) is 49.1 Å². The summed E-state index contributed by atoms with van der Waals surface area (Å²) in [6.07, 6.45) is 0. The Hall–Kier alpha value is -9.75. The Labute approximate surface area is 468 Å². The van der Waals surface area contributed by atoms with Crippen LogP contribution in [0.4, 0.5) is 11.4 Å². The van der Waals surface area contributed by atoms with Crippen LogP contribution < -0.4 is 28.7 Å². The molecule has 0 saturated heterocycles. The minimum absolute atomic E-state index is 0.0722. The van der Waals surface area contributed by atoms with Gasteiger partial charge in [-0.2, -0.15) is 0 Å². The molecule has 26 nitrogen and oxygen atoms in total. The lowest BCUT2D eigenvalue weighted by molar-refractivity contribution is -0.167. The molecule has 0 N–H and O–H groups in total. The van der Waals surface area contributed by atoms with Gasteiger partial charge in [0.15, 0.2) is 5.60 Å². The minimum atomic E-state index is -1.86. The second-order valence-corrected chi connectivity index (χ2v) is 18.6. The molecule has 1 aliphatic heterocycles. The van der Waals surface area contributed by atoms with E-state index in [-0.39, 0.29) is 58.7 Å². The Bertz CT molecular complexity index is 3040. The van der Waals surface area contributed by atoms with Gasteiger partial charge < -0.3 is 71.4 Å². The maximum absolute atomic E-state index is 14.7. The van der Waals surface area contributed by atoms with Crippen molar-refractivity contribution in [1.82, 2.24) is 0 Å². The van der Waals surface area contributed by atoms with Crippen LogP contribution in [0, 0.1) is 6.92 Å². The molecule has 82 heavy (non-hydrogen) atoms. The van der Waals surface area contributed by atoms with Gasteiger partial charge in [-0.25, -0.2) is 4.79 Å². The van der Waals surface area contributed by atoms with E-state index in [9.17, 15) is 52.7 Å². The summed E-state index contributed by atoms with van der Waals surface area (Å²) in [6.45, 7) is 5.68. The number of anilines is 2. The molecular formula is C56H58N2O24.